The van der Waals surface area contributed by atoms with Gasteiger partial charge in [-0.1, -0.05) is 0 Å². The Hall–Kier alpha value is -0.910. The molecule has 0 bridgehead atoms. The summed E-state index contributed by atoms with van der Waals surface area (Å²) in [6.45, 7) is 9.28. The van der Waals surface area contributed by atoms with E-state index in [2.05, 4.69) is 29.4 Å². The second-order valence-corrected chi connectivity index (χ2v) is 6.72. The summed E-state index contributed by atoms with van der Waals surface area (Å²) in [6, 6.07) is 3.22. The number of nitrogens with one attached hydrogen (secondary N) is 2. The first-order valence-corrected chi connectivity index (χ1v) is 8.25. The second-order valence-electron chi connectivity index (χ2n) is 5.72. The molecule has 0 aromatic carbocycles. The molecule has 2 rings (SSSR count). The van der Waals surface area contributed by atoms with Crippen molar-refractivity contribution in [2.24, 2.45) is 0 Å². The number of hydrogen-bond acceptors (Lipinski definition) is 4. The van der Waals surface area contributed by atoms with Crippen LogP contribution in [-0.2, 0) is 11.3 Å². The van der Waals surface area contributed by atoms with Crippen LogP contribution in [0.1, 0.15) is 38.5 Å². The van der Waals surface area contributed by atoms with Crippen LogP contribution >= 0.6 is 11.3 Å². The molecule has 1 aliphatic rings. The molecule has 1 aromatic heterocycles. The van der Waals surface area contributed by atoms with Crippen molar-refractivity contribution >= 4 is 22.9 Å². The van der Waals surface area contributed by atoms with Gasteiger partial charge in [-0.2, -0.15) is 0 Å². The van der Waals surface area contributed by atoms with Gasteiger partial charge in [0.15, 0.2) is 0 Å². The lowest BCUT2D eigenvalue weighted by Gasteiger charge is -2.35. The zero-order valence-corrected chi connectivity index (χ0v) is 13.4. The molecule has 112 valence electrons. The fourth-order valence-electron chi connectivity index (χ4n) is 2.64. The molecule has 20 heavy (non-hydrogen) atoms. The van der Waals surface area contributed by atoms with E-state index >= 15 is 0 Å². The Kier molecular flexibility index (Phi) is 5.57. The van der Waals surface area contributed by atoms with E-state index in [0.29, 0.717) is 12.1 Å². The molecule has 1 saturated heterocycles. The minimum atomic E-state index is -0.00473. The van der Waals surface area contributed by atoms with Crippen molar-refractivity contribution in [3.63, 3.8) is 0 Å². The van der Waals surface area contributed by atoms with Gasteiger partial charge >= 0.3 is 0 Å². The predicted octanol–water partition coefficient (Wildman–Crippen LogP) is 2.67. The molecule has 5 heteroatoms. The zero-order valence-electron chi connectivity index (χ0n) is 12.6. The van der Waals surface area contributed by atoms with Gasteiger partial charge in [0.1, 0.15) is 0 Å². The number of amides is 1. The Morgan fingerprint density at radius 1 is 1.45 bits per heavy atom. The zero-order chi connectivity index (χ0) is 14.5. The van der Waals surface area contributed by atoms with Crippen molar-refractivity contribution in [3.05, 3.63) is 16.3 Å². The average Bonchev–Trinajstić information content (AvgIpc) is 2.83. The lowest BCUT2D eigenvalue weighted by molar-refractivity contribution is -0.114. The fraction of sp³-hybridized carbons (Fsp3) is 0.667. The highest BCUT2D eigenvalue weighted by molar-refractivity contribution is 7.10. The minimum Gasteiger partial charge on any atom is -0.325 e. The summed E-state index contributed by atoms with van der Waals surface area (Å²) >= 11 is 1.70. The maximum Gasteiger partial charge on any atom is 0.221 e. The number of hydrogen-bond donors (Lipinski definition) is 2. The molecule has 0 saturated carbocycles. The van der Waals surface area contributed by atoms with E-state index in [1.54, 1.807) is 18.3 Å². The van der Waals surface area contributed by atoms with Crippen LogP contribution in [0, 0.1) is 0 Å². The van der Waals surface area contributed by atoms with Gasteiger partial charge in [0.2, 0.25) is 5.91 Å². The first-order valence-electron chi connectivity index (χ1n) is 7.37. The van der Waals surface area contributed by atoms with Crippen molar-refractivity contribution in [2.45, 2.75) is 52.2 Å². The summed E-state index contributed by atoms with van der Waals surface area (Å²) in [5.41, 5.74) is 0.953. The molecule has 4 nitrogen and oxygen atoms in total. The maximum absolute atomic E-state index is 11.1. The number of rotatable bonds is 5. The van der Waals surface area contributed by atoms with Crippen molar-refractivity contribution in [1.82, 2.24) is 10.2 Å². The molecular weight excluding hydrogens is 270 g/mol. The highest BCUT2D eigenvalue weighted by Gasteiger charge is 2.20. The van der Waals surface area contributed by atoms with Crippen LogP contribution in [-0.4, -0.2) is 36.0 Å². The lowest BCUT2D eigenvalue weighted by Crippen LogP contribution is -2.44. The smallest absolute Gasteiger partial charge is 0.221 e. The minimum absolute atomic E-state index is 0.00473. The van der Waals surface area contributed by atoms with E-state index < -0.39 is 0 Å². The molecule has 0 unspecified atom stereocenters. The third-order valence-electron chi connectivity index (χ3n) is 3.87. The molecule has 0 radical (unpaired) electrons. The predicted molar refractivity (Wildman–Crippen MR) is 85.2 cm³/mol. The van der Waals surface area contributed by atoms with Crippen LogP contribution in [0.4, 0.5) is 5.69 Å². The molecule has 2 heterocycles. The van der Waals surface area contributed by atoms with E-state index in [9.17, 15) is 4.79 Å². The van der Waals surface area contributed by atoms with Gasteiger partial charge in [0.25, 0.3) is 0 Å². The Balaban J connectivity index is 1.79. The Bertz CT molecular complexity index is 436. The van der Waals surface area contributed by atoms with Crippen molar-refractivity contribution in [1.29, 1.82) is 0 Å². The molecule has 1 aliphatic heterocycles. The van der Waals surface area contributed by atoms with E-state index in [1.807, 2.05) is 11.4 Å². The first-order chi connectivity index (χ1) is 9.56. The first kappa shape index (κ1) is 15.5. The van der Waals surface area contributed by atoms with Crippen LogP contribution in [0.15, 0.2) is 11.4 Å². The standard InChI is InChI=1S/C15H25N3OS/c1-11(2)18-7-4-13(5-8-18)16-10-15-14(6-9-20-15)17-12(3)19/h6,9,11,13,16H,4-5,7-8,10H2,1-3H3,(H,17,19). The van der Waals surface area contributed by atoms with Gasteiger partial charge in [-0.15, -0.1) is 11.3 Å². The molecule has 1 aromatic rings. The molecule has 1 amide bonds. The molecule has 0 aliphatic carbocycles. The summed E-state index contributed by atoms with van der Waals surface area (Å²) in [5.74, 6) is -0.00473. The van der Waals surface area contributed by atoms with Crippen LogP contribution < -0.4 is 10.6 Å². The second kappa shape index (κ2) is 7.20. The van der Waals surface area contributed by atoms with Crippen LogP contribution in [0.5, 0.6) is 0 Å². The monoisotopic (exact) mass is 295 g/mol. The van der Waals surface area contributed by atoms with Crippen LogP contribution in [0.3, 0.4) is 0 Å². The van der Waals surface area contributed by atoms with Gasteiger partial charge in [-0.05, 0) is 51.2 Å². The highest BCUT2D eigenvalue weighted by atomic mass is 32.1. The Labute approximate surface area is 125 Å². The molecule has 1 fully saturated rings. The fourth-order valence-corrected chi connectivity index (χ4v) is 3.42. The van der Waals surface area contributed by atoms with Gasteiger partial charge in [-0.25, -0.2) is 0 Å². The van der Waals surface area contributed by atoms with E-state index in [1.165, 1.54) is 30.8 Å². The SMILES string of the molecule is CC(=O)Nc1ccsc1CNC1CCN(C(C)C)CC1. The Morgan fingerprint density at radius 2 is 2.15 bits per heavy atom. The summed E-state index contributed by atoms with van der Waals surface area (Å²) < 4.78 is 0. The molecular formula is C15H25N3OS. The average molecular weight is 295 g/mol. The van der Waals surface area contributed by atoms with Gasteiger partial charge in [-0.3, -0.25) is 4.79 Å². The van der Waals surface area contributed by atoms with Crippen LogP contribution in [0.25, 0.3) is 0 Å². The third kappa shape index (κ3) is 4.30. The summed E-state index contributed by atoms with van der Waals surface area (Å²) in [7, 11) is 0. The topological polar surface area (TPSA) is 44.4 Å². The summed E-state index contributed by atoms with van der Waals surface area (Å²) in [6.07, 6.45) is 2.41. The maximum atomic E-state index is 11.1. The van der Waals surface area contributed by atoms with Crippen molar-refractivity contribution in [3.8, 4) is 0 Å². The van der Waals surface area contributed by atoms with Gasteiger partial charge in [0, 0.05) is 30.4 Å². The number of piperidine rings is 1. The quantitative estimate of drug-likeness (QED) is 0.878. The Morgan fingerprint density at radius 3 is 2.75 bits per heavy atom. The highest BCUT2D eigenvalue weighted by Crippen LogP contribution is 2.23. The largest absolute Gasteiger partial charge is 0.325 e. The number of carbonyl (C=O) groups excluding carboxylic acids is 1. The number of anilines is 1. The number of nitrogens with zero attached hydrogens (tertiary/aromatic N) is 1. The van der Waals surface area contributed by atoms with E-state index in [4.69, 9.17) is 0 Å². The van der Waals surface area contributed by atoms with E-state index in [-0.39, 0.29) is 5.91 Å². The van der Waals surface area contributed by atoms with Crippen molar-refractivity contribution in [2.75, 3.05) is 18.4 Å². The molecule has 2 N–H and O–H groups in total. The van der Waals surface area contributed by atoms with Crippen molar-refractivity contribution < 1.29 is 4.79 Å². The molecule has 0 atom stereocenters. The number of carbonyl (C=O) groups is 1. The normalized spacial score (nSPS) is 17.6. The van der Waals surface area contributed by atoms with E-state index in [0.717, 1.165) is 12.2 Å². The van der Waals surface area contributed by atoms with Gasteiger partial charge in [0.05, 0.1) is 5.69 Å². The molecule has 0 spiro atoms. The van der Waals surface area contributed by atoms with Gasteiger partial charge < -0.3 is 15.5 Å². The third-order valence-corrected chi connectivity index (χ3v) is 4.79. The summed E-state index contributed by atoms with van der Waals surface area (Å²) in [4.78, 5) is 14.9. The lowest BCUT2D eigenvalue weighted by atomic mass is 10.0. The van der Waals surface area contributed by atoms with Crippen LogP contribution in [0.2, 0.25) is 0 Å². The summed E-state index contributed by atoms with van der Waals surface area (Å²) in [5, 5.41) is 8.55. The number of likely N-dealkylation sites (tertiary alicyclic amines) is 1. The number of thiophene rings is 1.